The van der Waals surface area contributed by atoms with Crippen LogP contribution in [-0.4, -0.2) is 69.8 Å². The lowest BCUT2D eigenvalue weighted by Crippen LogP contribution is -2.44. The molecule has 0 bridgehead atoms. The summed E-state index contributed by atoms with van der Waals surface area (Å²) in [5.41, 5.74) is 3.93. The number of hydrogen-bond acceptors (Lipinski definition) is 8. The number of nitrogens with one attached hydrogen (secondary N) is 2. The number of aromatic nitrogens is 2. The van der Waals surface area contributed by atoms with Crippen molar-refractivity contribution in [2.75, 3.05) is 66.4 Å². The Labute approximate surface area is 231 Å². The summed E-state index contributed by atoms with van der Waals surface area (Å²) in [4.78, 5) is 13.5. The normalized spacial score (nSPS) is 14.4. The standard InChI is InChI=1S/C25H29BrClN7O2S/c1-5-17-14-19(7-9-22(17)34-12-10-32(2)11-13-34)29-25-28-16-20(27)24(31-25)30-21-15-18(26)6-8-23(21)33(3)37(4,35)36/h5-9,14-16H,1,10-13H2,2-4H3,(H2,28,29,30,31). The van der Waals surface area contributed by atoms with Crippen LogP contribution >= 0.6 is 27.5 Å². The van der Waals surface area contributed by atoms with Gasteiger partial charge in [-0.1, -0.05) is 40.2 Å². The van der Waals surface area contributed by atoms with Crippen molar-refractivity contribution in [1.29, 1.82) is 0 Å². The fraction of sp³-hybridized carbons (Fsp3) is 0.280. The first-order chi connectivity index (χ1) is 17.5. The summed E-state index contributed by atoms with van der Waals surface area (Å²) in [6.07, 6.45) is 4.48. The van der Waals surface area contributed by atoms with Gasteiger partial charge in [-0.05, 0) is 49.0 Å². The highest BCUT2D eigenvalue weighted by molar-refractivity contribution is 9.10. The highest BCUT2D eigenvalue weighted by atomic mass is 79.9. The monoisotopic (exact) mass is 605 g/mol. The van der Waals surface area contributed by atoms with Crippen LogP contribution in [0.1, 0.15) is 5.56 Å². The Morgan fingerprint density at radius 3 is 2.54 bits per heavy atom. The Morgan fingerprint density at radius 1 is 1.14 bits per heavy atom. The molecule has 0 aliphatic carbocycles. The van der Waals surface area contributed by atoms with Crippen LogP contribution in [-0.2, 0) is 10.0 Å². The maximum Gasteiger partial charge on any atom is 0.232 e. The number of anilines is 6. The van der Waals surface area contributed by atoms with E-state index in [-0.39, 0.29) is 5.02 Å². The molecular formula is C25H29BrClN7O2S. The second-order valence-electron chi connectivity index (χ2n) is 8.80. The second-order valence-corrected chi connectivity index (χ2v) is 12.1. The first kappa shape index (κ1) is 27.2. The maximum absolute atomic E-state index is 12.1. The predicted octanol–water partition coefficient (Wildman–Crippen LogP) is 5.17. The van der Waals surface area contributed by atoms with Crippen molar-refractivity contribution in [2.45, 2.75) is 0 Å². The number of sulfonamides is 1. The number of benzene rings is 2. The van der Waals surface area contributed by atoms with Crippen molar-refractivity contribution in [1.82, 2.24) is 14.9 Å². The van der Waals surface area contributed by atoms with Gasteiger partial charge < -0.3 is 20.4 Å². The van der Waals surface area contributed by atoms with Crippen LogP contribution in [0.5, 0.6) is 0 Å². The SMILES string of the molecule is C=Cc1cc(Nc2ncc(Cl)c(Nc3cc(Br)ccc3N(C)S(C)(=O)=O)n2)ccc1N1CCN(C)CC1. The van der Waals surface area contributed by atoms with Gasteiger partial charge in [-0.15, -0.1) is 0 Å². The summed E-state index contributed by atoms with van der Waals surface area (Å²) in [5, 5.41) is 6.67. The zero-order valence-electron chi connectivity index (χ0n) is 20.9. The molecule has 0 radical (unpaired) electrons. The van der Waals surface area contributed by atoms with Crippen molar-refractivity contribution in [3.8, 4) is 0 Å². The largest absolute Gasteiger partial charge is 0.368 e. The Hall–Kier alpha value is -2.86. The summed E-state index contributed by atoms with van der Waals surface area (Å²) >= 11 is 9.83. The van der Waals surface area contributed by atoms with E-state index in [1.165, 1.54) is 17.5 Å². The van der Waals surface area contributed by atoms with E-state index in [4.69, 9.17) is 11.6 Å². The summed E-state index contributed by atoms with van der Waals surface area (Å²) in [5.74, 6) is 0.667. The van der Waals surface area contributed by atoms with Crippen molar-refractivity contribution in [2.24, 2.45) is 0 Å². The van der Waals surface area contributed by atoms with Gasteiger partial charge in [0.1, 0.15) is 5.02 Å². The lowest BCUT2D eigenvalue weighted by Gasteiger charge is -2.35. The highest BCUT2D eigenvalue weighted by Gasteiger charge is 2.19. The molecule has 0 amide bonds. The van der Waals surface area contributed by atoms with E-state index in [2.05, 4.69) is 66.0 Å². The topological polar surface area (TPSA) is 93.7 Å². The van der Waals surface area contributed by atoms with Crippen LogP contribution in [0.4, 0.5) is 34.5 Å². The quantitative estimate of drug-likeness (QED) is 0.363. The molecule has 3 aromatic rings. The van der Waals surface area contributed by atoms with Crippen molar-refractivity contribution in [3.05, 3.63) is 64.2 Å². The van der Waals surface area contributed by atoms with Crippen LogP contribution in [0.15, 0.2) is 53.6 Å². The molecule has 1 aliphatic heterocycles. The van der Waals surface area contributed by atoms with E-state index in [1.54, 1.807) is 18.2 Å². The average Bonchev–Trinajstić information content (AvgIpc) is 2.86. The summed E-state index contributed by atoms with van der Waals surface area (Å²) in [6.45, 7) is 7.96. The maximum atomic E-state index is 12.1. The lowest BCUT2D eigenvalue weighted by molar-refractivity contribution is 0.313. The van der Waals surface area contributed by atoms with Crippen LogP contribution in [0.2, 0.25) is 5.02 Å². The van der Waals surface area contributed by atoms with Gasteiger partial charge in [-0.2, -0.15) is 4.98 Å². The van der Waals surface area contributed by atoms with Crippen LogP contribution in [0, 0.1) is 0 Å². The number of likely N-dealkylation sites (N-methyl/N-ethyl adjacent to an activating group) is 1. The van der Waals surface area contributed by atoms with Crippen molar-refractivity contribution < 1.29 is 8.42 Å². The van der Waals surface area contributed by atoms with E-state index >= 15 is 0 Å². The molecule has 1 aromatic heterocycles. The first-order valence-corrected chi connectivity index (χ1v) is 14.6. The zero-order chi connectivity index (χ0) is 26.7. The van der Waals surface area contributed by atoms with Gasteiger partial charge >= 0.3 is 0 Å². The molecule has 0 atom stereocenters. The lowest BCUT2D eigenvalue weighted by atomic mass is 10.1. The summed E-state index contributed by atoms with van der Waals surface area (Å²) in [6, 6.07) is 11.3. The number of nitrogens with zero attached hydrogens (tertiary/aromatic N) is 5. The molecule has 1 saturated heterocycles. The third-order valence-electron chi connectivity index (χ3n) is 6.14. The molecule has 37 heavy (non-hydrogen) atoms. The van der Waals surface area contributed by atoms with E-state index in [9.17, 15) is 8.42 Å². The van der Waals surface area contributed by atoms with Crippen LogP contribution in [0.25, 0.3) is 6.08 Å². The van der Waals surface area contributed by atoms with Gasteiger partial charge in [0.25, 0.3) is 0 Å². The first-order valence-electron chi connectivity index (χ1n) is 11.5. The third-order valence-corrected chi connectivity index (χ3v) is 8.10. The molecule has 12 heteroatoms. The molecular weight excluding hydrogens is 578 g/mol. The van der Waals surface area contributed by atoms with Gasteiger partial charge in [-0.3, -0.25) is 4.31 Å². The van der Waals surface area contributed by atoms with E-state index in [0.717, 1.165) is 53.8 Å². The fourth-order valence-electron chi connectivity index (χ4n) is 3.96. The van der Waals surface area contributed by atoms with Gasteiger partial charge in [0.2, 0.25) is 16.0 Å². The third kappa shape index (κ3) is 6.53. The molecule has 2 N–H and O–H groups in total. The number of rotatable bonds is 8. The minimum Gasteiger partial charge on any atom is -0.368 e. The van der Waals surface area contributed by atoms with E-state index in [1.807, 2.05) is 18.2 Å². The van der Waals surface area contributed by atoms with E-state index in [0.29, 0.717) is 23.1 Å². The summed E-state index contributed by atoms with van der Waals surface area (Å²) < 4.78 is 26.3. The van der Waals surface area contributed by atoms with Gasteiger partial charge in [-0.25, -0.2) is 13.4 Å². The second kappa shape index (κ2) is 11.3. The smallest absolute Gasteiger partial charge is 0.232 e. The summed E-state index contributed by atoms with van der Waals surface area (Å²) in [7, 11) is 0.144. The zero-order valence-corrected chi connectivity index (χ0v) is 24.0. The Morgan fingerprint density at radius 2 is 1.86 bits per heavy atom. The highest BCUT2D eigenvalue weighted by Crippen LogP contribution is 2.34. The minimum atomic E-state index is -3.48. The van der Waals surface area contributed by atoms with Crippen molar-refractivity contribution >= 4 is 78.1 Å². The molecule has 1 aliphatic rings. The number of piperazine rings is 1. The molecule has 2 aromatic carbocycles. The molecule has 0 saturated carbocycles. The minimum absolute atomic E-state index is 0.288. The Kier molecular flexibility index (Phi) is 8.27. The van der Waals surface area contributed by atoms with Crippen molar-refractivity contribution in [3.63, 3.8) is 0 Å². The molecule has 0 unspecified atom stereocenters. The van der Waals surface area contributed by atoms with Gasteiger partial charge in [0.15, 0.2) is 5.82 Å². The Balaban J connectivity index is 1.59. The molecule has 196 valence electrons. The number of halogens is 2. The molecule has 9 nitrogen and oxygen atoms in total. The molecule has 2 heterocycles. The van der Waals surface area contributed by atoms with E-state index < -0.39 is 10.0 Å². The van der Waals surface area contributed by atoms with Gasteiger partial charge in [0.05, 0.1) is 23.8 Å². The molecule has 1 fully saturated rings. The fourth-order valence-corrected chi connectivity index (χ4v) is 4.98. The predicted molar refractivity (Wildman–Crippen MR) is 157 cm³/mol. The average molecular weight is 607 g/mol. The number of hydrogen-bond donors (Lipinski definition) is 2. The molecule has 0 spiro atoms. The molecule has 4 rings (SSSR count). The van der Waals surface area contributed by atoms with Crippen LogP contribution in [0.3, 0.4) is 0 Å². The van der Waals surface area contributed by atoms with Gasteiger partial charge in [0, 0.05) is 49.1 Å². The van der Waals surface area contributed by atoms with Crippen LogP contribution < -0.4 is 19.8 Å². The Bertz CT molecular complexity index is 1410.